The second-order valence-electron chi connectivity index (χ2n) is 3.66. The van der Waals surface area contributed by atoms with Crippen molar-refractivity contribution in [3.63, 3.8) is 0 Å². The van der Waals surface area contributed by atoms with E-state index in [1.165, 1.54) is 0 Å². The van der Waals surface area contributed by atoms with Crippen LogP contribution >= 0.6 is 0 Å². The average Bonchev–Trinajstić information content (AvgIpc) is 2.85. The van der Waals surface area contributed by atoms with Gasteiger partial charge in [0.2, 0.25) is 0 Å². The normalized spacial score (nSPS) is 13.2. The first-order valence-electron chi connectivity index (χ1n) is 4.72. The molecule has 1 aromatic heterocycles. The second-order valence-corrected chi connectivity index (χ2v) is 3.66. The van der Waals surface area contributed by atoms with Crippen LogP contribution in [0.15, 0.2) is 18.3 Å². The van der Waals surface area contributed by atoms with Gasteiger partial charge >= 0.3 is 0 Å². The van der Waals surface area contributed by atoms with E-state index in [9.17, 15) is 0 Å². The van der Waals surface area contributed by atoms with Gasteiger partial charge in [0.25, 0.3) is 0 Å². The Hall–Kier alpha value is -1.13. The Balaban J connectivity index is 0.000000853. The molecule has 0 spiro atoms. The van der Waals surface area contributed by atoms with Crippen molar-refractivity contribution < 1.29 is 36.1 Å². The quantitative estimate of drug-likeness (QED) is 0.595. The summed E-state index contributed by atoms with van der Waals surface area (Å²) in [5.74, 6) is 0.768. The zero-order chi connectivity index (χ0) is 9.54. The predicted octanol–water partition coefficient (Wildman–Crippen LogP) is 0.0344. The van der Waals surface area contributed by atoms with Crippen molar-refractivity contribution in [2.45, 2.75) is 18.9 Å². The predicted molar refractivity (Wildman–Crippen MR) is 61.4 cm³/mol. The molecule has 2 aromatic rings. The Morgan fingerprint density at radius 3 is 2.65 bits per heavy atom. The van der Waals surface area contributed by atoms with E-state index in [-0.39, 0.29) is 31.4 Å². The van der Waals surface area contributed by atoms with Crippen LogP contribution in [0.5, 0.6) is 5.75 Å². The molecule has 0 saturated heterocycles. The van der Waals surface area contributed by atoms with Gasteiger partial charge in [-0.1, -0.05) is 0 Å². The van der Waals surface area contributed by atoms with Crippen molar-refractivity contribution in [1.29, 1.82) is 0 Å². The number of nitrogens with zero attached hydrogens (tertiary/aromatic N) is 1. The van der Waals surface area contributed by atoms with Crippen LogP contribution < -0.4 is 10.5 Å². The van der Waals surface area contributed by atoms with Gasteiger partial charge in [-0.05, 0) is 18.9 Å². The molecule has 0 unspecified atom stereocenters. The summed E-state index contributed by atoms with van der Waals surface area (Å²) in [7, 11) is 0. The van der Waals surface area contributed by atoms with E-state index in [2.05, 4.69) is 10.2 Å². The fraction of sp³-hybridized carbons (Fsp3) is 0.300. The first kappa shape index (κ1) is 15.9. The molecule has 1 heterocycles. The van der Waals surface area contributed by atoms with Crippen LogP contribution in [0, 0.1) is 0 Å². The van der Waals surface area contributed by atoms with Gasteiger partial charge in [0.05, 0.1) is 23.5 Å². The number of anilines is 1. The molecule has 1 aliphatic carbocycles. The van der Waals surface area contributed by atoms with Crippen molar-refractivity contribution >= 4 is 16.6 Å². The summed E-state index contributed by atoms with van der Waals surface area (Å²) in [6.45, 7) is 0. The van der Waals surface area contributed by atoms with Crippen molar-refractivity contribution in [1.82, 2.24) is 10.2 Å². The molecule has 7 heteroatoms. The summed E-state index contributed by atoms with van der Waals surface area (Å²) in [4.78, 5) is 0. The number of hydrogen-bond acceptors (Lipinski definition) is 3. The van der Waals surface area contributed by atoms with Gasteiger partial charge in [-0.2, -0.15) is 5.10 Å². The maximum Gasteiger partial charge on any atom is 0.144 e. The van der Waals surface area contributed by atoms with E-state index in [0.29, 0.717) is 11.8 Å². The second kappa shape index (κ2) is 5.98. The fourth-order valence-corrected chi connectivity index (χ4v) is 1.46. The van der Waals surface area contributed by atoms with Crippen LogP contribution in [0.4, 0.5) is 5.69 Å². The van der Waals surface area contributed by atoms with Crippen LogP contribution in [0.1, 0.15) is 12.8 Å². The molecule has 1 aliphatic rings. The van der Waals surface area contributed by atoms with E-state index >= 15 is 0 Å². The molecule has 6 nitrogen and oxygen atoms in total. The Labute approximate surface area is 112 Å². The van der Waals surface area contributed by atoms with Crippen LogP contribution in [0.3, 0.4) is 0 Å². The van der Waals surface area contributed by atoms with Crippen molar-refractivity contribution in [3.8, 4) is 5.75 Å². The van der Waals surface area contributed by atoms with Crippen LogP contribution in [-0.2, 0) is 20.4 Å². The van der Waals surface area contributed by atoms with Crippen molar-refractivity contribution in [2.24, 2.45) is 0 Å². The molecule has 3 rings (SSSR count). The molecule has 17 heavy (non-hydrogen) atoms. The third-order valence-corrected chi connectivity index (χ3v) is 2.39. The number of nitrogens with two attached hydrogens (primary N) is 1. The molecule has 0 amide bonds. The zero-order valence-corrected chi connectivity index (χ0v) is 10.5. The van der Waals surface area contributed by atoms with Gasteiger partial charge < -0.3 is 21.4 Å². The van der Waals surface area contributed by atoms with Crippen LogP contribution in [0.25, 0.3) is 10.9 Å². The molecule has 1 aromatic carbocycles. The summed E-state index contributed by atoms with van der Waals surface area (Å²) in [6, 6.07) is 3.80. The molecule has 1 saturated carbocycles. The number of aromatic nitrogens is 2. The summed E-state index contributed by atoms with van der Waals surface area (Å²) in [5, 5.41) is 7.86. The number of H-pyrrole nitrogens is 1. The summed E-state index contributed by atoms with van der Waals surface area (Å²) in [6.07, 6.45) is 4.41. The molecule has 0 bridgehead atoms. The number of rotatable bonds is 2. The van der Waals surface area contributed by atoms with Crippen molar-refractivity contribution in [2.75, 3.05) is 5.73 Å². The smallest absolute Gasteiger partial charge is 0.144 e. The third-order valence-electron chi connectivity index (χ3n) is 2.39. The van der Waals surface area contributed by atoms with E-state index in [0.717, 1.165) is 29.5 Å². The number of nitrogens with one attached hydrogen (secondary N) is 1. The number of hydrogen-bond donors (Lipinski definition) is 2. The minimum absolute atomic E-state index is 0. The fourth-order valence-electron chi connectivity index (χ4n) is 1.46. The minimum atomic E-state index is 0. The van der Waals surface area contributed by atoms with Crippen LogP contribution in [0.2, 0.25) is 0 Å². The monoisotopic (exact) mass is 331 g/mol. The molecular weight excluding hydrogens is 317 g/mol. The van der Waals surface area contributed by atoms with Crippen LogP contribution in [-0.4, -0.2) is 27.3 Å². The maximum atomic E-state index is 5.86. The molecule has 0 aliphatic heterocycles. The first-order valence-corrected chi connectivity index (χ1v) is 4.72. The molecule has 98 valence electrons. The van der Waals surface area contributed by atoms with Gasteiger partial charge in [-0.15, -0.1) is 0 Å². The van der Waals surface area contributed by atoms with Gasteiger partial charge in [0.15, 0.2) is 0 Å². The molecule has 0 radical (unpaired) electrons. The largest absolute Gasteiger partial charge is 0.488 e. The first-order chi connectivity index (χ1) is 6.83. The summed E-state index contributed by atoms with van der Waals surface area (Å²) < 4.78 is 5.66. The van der Waals surface area contributed by atoms with E-state index in [1.54, 1.807) is 6.20 Å². The number of nitrogen functional groups attached to an aromatic ring is 1. The third kappa shape index (κ3) is 3.17. The maximum absolute atomic E-state index is 5.86. The van der Waals surface area contributed by atoms with Gasteiger partial charge in [0.1, 0.15) is 5.75 Å². The Morgan fingerprint density at radius 2 is 2.00 bits per heavy atom. The van der Waals surface area contributed by atoms with E-state index in [1.807, 2.05) is 12.1 Å². The summed E-state index contributed by atoms with van der Waals surface area (Å²) >= 11 is 0. The number of fused-ring (bicyclic) bond motifs is 1. The Morgan fingerprint density at radius 1 is 1.29 bits per heavy atom. The number of ether oxygens (including phenoxy) is 1. The number of aromatic amines is 1. The van der Waals surface area contributed by atoms with Crippen molar-refractivity contribution in [3.05, 3.63) is 18.3 Å². The molecule has 7 N–H and O–H groups in total. The summed E-state index contributed by atoms with van der Waals surface area (Å²) in [5.41, 5.74) is 7.51. The Bertz CT molecular complexity index is 485. The van der Waals surface area contributed by atoms with Gasteiger partial charge in [-0.3, -0.25) is 5.10 Å². The van der Waals surface area contributed by atoms with E-state index in [4.69, 9.17) is 10.5 Å². The van der Waals surface area contributed by atoms with Gasteiger partial charge in [-0.25, -0.2) is 0 Å². The van der Waals surface area contributed by atoms with E-state index < -0.39 is 0 Å². The number of benzene rings is 1. The average molecular weight is 332 g/mol. The zero-order valence-electron chi connectivity index (χ0n) is 8.97. The standard InChI is InChI=1S/C10H11N3O.2H2O.Pd/c11-8-3-6-5-12-13-9(6)4-10(8)14-7-1-2-7;;;/h3-5,7H,1-2,11H2,(H,12,13);2*1H2;. The Kier molecular flexibility index (Phi) is 5.59. The molecule has 1 fully saturated rings. The molecule has 0 atom stereocenters. The topological polar surface area (TPSA) is 127 Å². The SMILES string of the molecule is Nc1cc2cn[nH]c2cc1OC1CC1.O.O.[Pd]. The molecular formula is C10H15N3O3Pd. The minimum Gasteiger partial charge on any atom is -0.488 e. The van der Waals surface area contributed by atoms with Gasteiger partial charge in [0, 0.05) is 31.9 Å².